The Hall–Kier alpha value is -2.22. The maximum absolute atomic E-state index is 7.57. The second-order valence-corrected chi connectivity index (χ2v) is 7.38. The lowest BCUT2D eigenvalue weighted by Crippen LogP contribution is -1.94. The van der Waals surface area contributed by atoms with E-state index in [0.29, 0.717) is 0 Å². The summed E-state index contributed by atoms with van der Waals surface area (Å²) in [6.07, 6.45) is 1.61. The summed E-state index contributed by atoms with van der Waals surface area (Å²) in [5.41, 5.74) is 3.06. The molecule has 134 valence electrons. The molecule has 4 rings (SSSR count). The van der Waals surface area contributed by atoms with Crippen molar-refractivity contribution in [3.05, 3.63) is 53.3 Å². The third-order valence-electron chi connectivity index (χ3n) is 3.63. The lowest BCUT2D eigenvalue weighted by Gasteiger charge is -2.06. The summed E-state index contributed by atoms with van der Waals surface area (Å²) in [6, 6.07) is 14.4. The highest BCUT2D eigenvalue weighted by molar-refractivity contribution is 9.10. The third-order valence-corrected chi connectivity index (χ3v) is 5.29. The van der Waals surface area contributed by atoms with E-state index in [9.17, 15) is 0 Å². The topological polar surface area (TPSA) is 70.1 Å². The van der Waals surface area contributed by atoms with E-state index in [1.165, 1.54) is 4.70 Å². The number of benzene rings is 2. The number of thiophene rings is 1. The van der Waals surface area contributed by atoms with Gasteiger partial charge in [0, 0.05) is 39.6 Å². The van der Waals surface area contributed by atoms with E-state index in [-0.39, 0.29) is 6.61 Å². The maximum atomic E-state index is 7.57. The molecule has 5 nitrogen and oxygen atoms in total. The van der Waals surface area contributed by atoms with E-state index >= 15 is 0 Å². The average Bonchev–Trinajstić information content (AvgIpc) is 3.01. The molecule has 0 aliphatic heterocycles. The Morgan fingerprint density at radius 2 is 1.92 bits per heavy atom. The van der Waals surface area contributed by atoms with Gasteiger partial charge in [0.2, 0.25) is 0 Å². The van der Waals surface area contributed by atoms with Crippen molar-refractivity contribution in [1.29, 1.82) is 0 Å². The Bertz CT molecular complexity index is 1030. The standard InChI is InChI=1S/C17H13BrN4S.C2H6O/c1-19-11-5-6-14-13(8-11)15-16(23-14)17(21-9-20-15)22-12-4-2-3-10(18)7-12;1-2-3/h2-9,19H,1H3,(H,20,21,22);3H,2H2,1H3. The normalized spacial score (nSPS) is 10.5. The molecule has 0 saturated carbocycles. The van der Waals surface area contributed by atoms with Crippen LogP contribution in [0.1, 0.15) is 6.92 Å². The largest absolute Gasteiger partial charge is 0.397 e. The van der Waals surface area contributed by atoms with Crippen molar-refractivity contribution in [2.24, 2.45) is 0 Å². The van der Waals surface area contributed by atoms with E-state index in [2.05, 4.69) is 54.7 Å². The lowest BCUT2D eigenvalue weighted by atomic mass is 10.2. The Morgan fingerprint density at radius 1 is 1.12 bits per heavy atom. The maximum Gasteiger partial charge on any atom is 0.151 e. The quantitative estimate of drug-likeness (QED) is 0.406. The molecule has 0 saturated heterocycles. The fourth-order valence-corrected chi connectivity index (χ4v) is 4.00. The van der Waals surface area contributed by atoms with E-state index in [0.717, 1.165) is 37.3 Å². The van der Waals surface area contributed by atoms with Crippen LogP contribution in [0.15, 0.2) is 53.3 Å². The van der Waals surface area contributed by atoms with Crippen molar-refractivity contribution in [2.75, 3.05) is 24.3 Å². The number of aromatic nitrogens is 2. The van der Waals surface area contributed by atoms with Crippen LogP contribution in [0.2, 0.25) is 0 Å². The summed E-state index contributed by atoms with van der Waals surface area (Å²) in [7, 11) is 1.92. The van der Waals surface area contributed by atoms with E-state index < -0.39 is 0 Å². The van der Waals surface area contributed by atoms with Gasteiger partial charge in [-0.3, -0.25) is 0 Å². The predicted molar refractivity (Wildman–Crippen MR) is 115 cm³/mol. The van der Waals surface area contributed by atoms with Gasteiger partial charge >= 0.3 is 0 Å². The summed E-state index contributed by atoms with van der Waals surface area (Å²) in [5.74, 6) is 0.834. The zero-order chi connectivity index (χ0) is 18.5. The van der Waals surface area contributed by atoms with Crippen molar-refractivity contribution in [2.45, 2.75) is 6.92 Å². The molecule has 0 bridgehead atoms. The van der Waals surface area contributed by atoms with Crippen molar-refractivity contribution in [1.82, 2.24) is 9.97 Å². The van der Waals surface area contributed by atoms with E-state index in [1.54, 1.807) is 24.6 Å². The molecule has 2 heterocycles. The second-order valence-electron chi connectivity index (χ2n) is 5.41. The van der Waals surface area contributed by atoms with Crippen LogP contribution in [0.3, 0.4) is 0 Å². The molecule has 0 spiro atoms. The van der Waals surface area contributed by atoms with Crippen LogP contribution in [0, 0.1) is 0 Å². The van der Waals surface area contributed by atoms with Gasteiger partial charge in [0.15, 0.2) is 5.82 Å². The molecule has 7 heteroatoms. The first kappa shape index (κ1) is 18.6. The Kier molecular flexibility index (Phi) is 6.03. The molecule has 2 aromatic carbocycles. The highest BCUT2D eigenvalue weighted by Gasteiger charge is 2.12. The summed E-state index contributed by atoms with van der Waals surface area (Å²) < 4.78 is 3.30. The SMILES string of the molecule is CCO.CNc1ccc2sc3c(Nc4cccc(Br)c4)ncnc3c2c1. The predicted octanol–water partition coefficient (Wildman–Crippen LogP) is 5.39. The first-order valence-corrected chi connectivity index (χ1v) is 9.75. The first-order valence-electron chi connectivity index (χ1n) is 8.14. The number of anilines is 3. The molecule has 26 heavy (non-hydrogen) atoms. The number of aliphatic hydroxyl groups excluding tert-OH is 1. The molecule has 3 N–H and O–H groups in total. The molecule has 0 atom stereocenters. The third kappa shape index (κ3) is 3.95. The van der Waals surface area contributed by atoms with Crippen LogP contribution in [0.5, 0.6) is 0 Å². The van der Waals surface area contributed by atoms with Crippen LogP contribution < -0.4 is 10.6 Å². The molecular weight excluding hydrogens is 412 g/mol. The van der Waals surface area contributed by atoms with Gasteiger partial charge in [-0.2, -0.15) is 0 Å². The number of halogens is 1. The van der Waals surface area contributed by atoms with Crippen molar-refractivity contribution < 1.29 is 5.11 Å². The van der Waals surface area contributed by atoms with E-state index in [4.69, 9.17) is 5.11 Å². The first-order chi connectivity index (χ1) is 12.7. The number of nitrogens with one attached hydrogen (secondary N) is 2. The fraction of sp³-hybridized carbons (Fsp3) is 0.158. The number of nitrogens with zero attached hydrogens (tertiary/aromatic N) is 2. The minimum absolute atomic E-state index is 0.250. The molecular formula is C19H19BrN4OS. The summed E-state index contributed by atoms with van der Waals surface area (Å²) in [4.78, 5) is 8.91. The molecule has 0 aliphatic rings. The lowest BCUT2D eigenvalue weighted by molar-refractivity contribution is 0.318. The Morgan fingerprint density at radius 3 is 2.65 bits per heavy atom. The molecule has 0 amide bonds. The minimum Gasteiger partial charge on any atom is -0.397 e. The molecule has 0 radical (unpaired) electrons. The fourth-order valence-electron chi connectivity index (χ4n) is 2.52. The number of aliphatic hydroxyl groups is 1. The van der Waals surface area contributed by atoms with Gasteiger partial charge in [0.05, 0.1) is 10.2 Å². The van der Waals surface area contributed by atoms with Gasteiger partial charge in [-0.1, -0.05) is 22.0 Å². The van der Waals surface area contributed by atoms with Crippen molar-refractivity contribution in [3.8, 4) is 0 Å². The van der Waals surface area contributed by atoms with Crippen LogP contribution in [-0.4, -0.2) is 28.7 Å². The molecule has 4 aromatic rings. The van der Waals surface area contributed by atoms with Crippen LogP contribution in [0.25, 0.3) is 20.3 Å². The minimum atomic E-state index is 0.250. The molecule has 0 aliphatic carbocycles. The van der Waals surface area contributed by atoms with Crippen LogP contribution >= 0.6 is 27.3 Å². The highest BCUT2D eigenvalue weighted by Crippen LogP contribution is 2.37. The van der Waals surface area contributed by atoms with Crippen molar-refractivity contribution >= 4 is 64.8 Å². The molecule has 2 aromatic heterocycles. The van der Waals surface area contributed by atoms with Crippen LogP contribution in [0.4, 0.5) is 17.2 Å². The van der Waals surface area contributed by atoms with Gasteiger partial charge in [-0.25, -0.2) is 9.97 Å². The smallest absolute Gasteiger partial charge is 0.151 e. The highest BCUT2D eigenvalue weighted by atomic mass is 79.9. The van der Waals surface area contributed by atoms with Gasteiger partial charge in [-0.05, 0) is 43.3 Å². The number of rotatable bonds is 3. The number of fused-ring (bicyclic) bond motifs is 3. The summed E-state index contributed by atoms with van der Waals surface area (Å²) in [5, 5.41) is 15.3. The summed E-state index contributed by atoms with van der Waals surface area (Å²) in [6.45, 7) is 1.93. The number of hydrogen-bond donors (Lipinski definition) is 3. The van der Waals surface area contributed by atoms with Gasteiger partial charge < -0.3 is 15.7 Å². The second kappa shape index (κ2) is 8.44. The Balaban J connectivity index is 0.000000613. The van der Waals surface area contributed by atoms with Crippen LogP contribution in [-0.2, 0) is 0 Å². The van der Waals surface area contributed by atoms with Gasteiger partial charge in [0.25, 0.3) is 0 Å². The summed E-state index contributed by atoms with van der Waals surface area (Å²) >= 11 is 5.20. The van der Waals surface area contributed by atoms with Gasteiger partial charge in [-0.15, -0.1) is 11.3 Å². The zero-order valence-corrected chi connectivity index (χ0v) is 16.9. The van der Waals surface area contributed by atoms with Crippen molar-refractivity contribution in [3.63, 3.8) is 0 Å². The average molecular weight is 431 g/mol. The zero-order valence-electron chi connectivity index (χ0n) is 14.5. The number of hydrogen-bond acceptors (Lipinski definition) is 6. The monoisotopic (exact) mass is 430 g/mol. The Labute approximate surface area is 164 Å². The molecule has 0 unspecified atom stereocenters. The van der Waals surface area contributed by atoms with E-state index in [1.807, 2.05) is 31.3 Å². The van der Waals surface area contributed by atoms with Gasteiger partial charge in [0.1, 0.15) is 6.33 Å². The molecule has 0 fully saturated rings.